The lowest BCUT2D eigenvalue weighted by atomic mass is 9.96. The van der Waals surface area contributed by atoms with Crippen molar-refractivity contribution in [3.63, 3.8) is 0 Å². The van der Waals surface area contributed by atoms with Gasteiger partial charge in [0.2, 0.25) is 0 Å². The Morgan fingerprint density at radius 2 is 0.774 bits per heavy atom. The van der Waals surface area contributed by atoms with Gasteiger partial charge in [0.1, 0.15) is 0 Å². The van der Waals surface area contributed by atoms with E-state index in [2.05, 4.69) is 202 Å². The molecule has 0 N–H and O–H groups in total. The molecule has 0 aliphatic rings. The highest BCUT2D eigenvalue weighted by Crippen LogP contribution is 2.43. The third kappa shape index (κ3) is 3.99. The predicted octanol–water partition coefficient (Wildman–Crippen LogP) is 13.2. The molecule has 246 valence electrons. The molecule has 3 heteroatoms. The fourth-order valence-corrected chi connectivity index (χ4v) is 9.10. The van der Waals surface area contributed by atoms with Crippen LogP contribution >= 0.6 is 0 Å². The molecule has 0 unspecified atom stereocenters. The first-order valence-corrected chi connectivity index (χ1v) is 18.3. The highest BCUT2D eigenvalue weighted by molar-refractivity contribution is 6.25. The molecule has 0 spiro atoms. The largest absolute Gasteiger partial charge is 0.309 e. The van der Waals surface area contributed by atoms with Gasteiger partial charge in [-0.05, 0) is 107 Å². The fraction of sp³-hybridized carbons (Fsp3) is 0. The second-order valence-corrected chi connectivity index (χ2v) is 14.2. The van der Waals surface area contributed by atoms with Gasteiger partial charge < -0.3 is 13.7 Å². The quantitative estimate of drug-likeness (QED) is 0.165. The van der Waals surface area contributed by atoms with E-state index in [1.54, 1.807) is 0 Å². The van der Waals surface area contributed by atoms with Crippen LogP contribution in [-0.4, -0.2) is 13.7 Å². The van der Waals surface area contributed by atoms with Crippen molar-refractivity contribution in [2.45, 2.75) is 0 Å². The zero-order chi connectivity index (χ0) is 34.6. The monoisotopic (exact) mass is 673 g/mol. The van der Waals surface area contributed by atoms with Gasteiger partial charge in [-0.3, -0.25) is 0 Å². The molecule has 0 radical (unpaired) electrons. The third-order valence-corrected chi connectivity index (χ3v) is 11.3. The molecule has 9 aromatic carbocycles. The van der Waals surface area contributed by atoms with Crippen molar-refractivity contribution in [2.75, 3.05) is 0 Å². The van der Waals surface area contributed by atoms with Gasteiger partial charge in [-0.15, -0.1) is 0 Å². The number of rotatable bonds is 4. The molecule has 0 aliphatic heterocycles. The number of nitrogens with zero attached hydrogens (tertiary/aromatic N) is 3. The van der Waals surface area contributed by atoms with Crippen molar-refractivity contribution in [2.24, 2.45) is 0 Å². The zero-order valence-electron chi connectivity index (χ0n) is 28.7. The van der Waals surface area contributed by atoms with E-state index < -0.39 is 0 Å². The molecule has 3 heterocycles. The van der Waals surface area contributed by atoms with E-state index in [1.807, 2.05) is 0 Å². The Morgan fingerprint density at radius 3 is 1.49 bits per heavy atom. The number of hydrogen-bond donors (Lipinski definition) is 0. The molecular formula is C50H31N3. The third-order valence-electron chi connectivity index (χ3n) is 11.3. The van der Waals surface area contributed by atoms with Gasteiger partial charge in [0, 0.05) is 49.4 Å². The summed E-state index contributed by atoms with van der Waals surface area (Å²) in [5.74, 6) is 0. The van der Waals surface area contributed by atoms with Crippen LogP contribution in [0.3, 0.4) is 0 Å². The van der Waals surface area contributed by atoms with Gasteiger partial charge >= 0.3 is 0 Å². The second-order valence-electron chi connectivity index (χ2n) is 14.2. The Kier molecular flexibility index (Phi) is 5.77. The average Bonchev–Trinajstić information content (AvgIpc) is 3.86. The first-order valence-electron chi connectivity index (χ1n) is 18.3. The maximum absolute atomic E-state index is 2.44. The summed E-state index contributed by atoms with van der Waals surface area (Å²) in [5, 5.41) is 10.2. The van der Waals surface area contributed by atoms with Gasteiger partial charge in [0.25, 0.3) is 0 Å². The van der Waals surface area contributed by atoms with Crippen LogP contribution in [0.4, 0.5) is 0 Å². The van der Waals surface area contributed by atoms with E-state index in [0.717, 1.165) is 5.69 Å². The van der Waals surface area contributed by atoms with Gasteiger partial charge in [-0.1, -0.05) is 103 Å². The lowest BCUT2D eigenvalue weighted by Gasteiger charge is -2.11. The van der Waals surface area contributed by atoms with Crippen molar-refractivity contribution < 1.29 is 0 Å². The minimum atomic E-state index is 1.16. The highest BCUT2D eigenvalue weighted by Gasteiger charge is 2.20. The van der Waals surface area contributed by atoms with Crippen LogP contribution in [0, 0.1) is 0 Å². The molecule has 12 aromatic rings. The van der Waals surface area contributed by atoms with E-state index in [0.29, 0.717) is 0 Å². The molecule has 0 amide bonds. The van der Waals surface area contributed by atoms with Gasteiger partial charge in [0.15, 0.2) is 0 Å². The molecule has 0 bridgehead atoms. The second kappa shape index (κ2) is 10.7. The minimum absolute atomic E-state index is 1.16. The molecule has 0 aliphatic carbocycles. The Hall–Kier alpha value is -7.10. The fourth-order valence-electron chi connectivity index (χ4n) is 9.10. The van der Waals surface area contributed by atoms with Crippen LogP contribution < -0.4 is 0 Å². The number of aromatic nitrogens is 3. The number of hydrogen-bond acceptors (Lipinski definition) is 0. The highest BCUT2D eigenvalue weighted by atomic mass is 15.0. The Balaban J connectivity index is 1.08. The van der Waals surface area contributed by atoms with Crippen molar-refractivity contribution in [3.8, 4) is 28.2 Å². The summed E-state index contributed by atoms with van der Waals surface area (Å²) < 4.78 is 7.25. The molecule has 3 aromatic heterocycles. The average molecular weight is 674 g/mol. The molecule has 0 fully saturated rings. The summed E-state index contributed by atoms with van der Waals surface area (Å²) in [6.07, 6.45) is 0. The lowest BCUT2D eigenvalue weighted by Crippen LogP contribution is -1.95. The van der Waals surface area contributed by atoms with Gasteiger partial charge in [-0.25, -0.2) is 0 Å². The Morgan fingerprint density at radius 1 is 0.245 bits per heavy atom. The summed E-state index contributed by atoms with van der Waals surface area (Å²) in [4.78, 5) is 0. The van der Waals surface area contributed by atoms with Gasteiger partial charge in [0.05, 0.1) is 33.1 Å². The molecule has 0 atom stereocenters. The van der Waals surface area contributed by atoms with Crippen molar-refractivity contribution >= 4 is 76.2 Å². The molecular weight excluding hydrogens is 643 g/mol. The molecule has 53 heavy (non-hydrogen) atoms. The van der Waals surface area contributed by atoms with Crippen LogP contribution in [0.5, 0.6) is 0 Å². The van der Waals surface area contributed by atoms with E-state index in [1.165, 1.54) is 98.7 Å². The maximum Gasteiger partial charge on any atom is 0.0553 e. The molecule has 12 rings (SSSR count). The van der Waals surface area contributed by atoms with E-state index in [4.69, 9.17) is 0 Å². The van der Waals surface area contributed by atoms with Crippen LogP contribution in [-0.2, 0) is 0 Å². The Bertz CT molecular complexity index is 3380. The van der Waals surface area contributed by atoms with Crippen molar-refractivity contribution in [1.29, 1.82) is 0 Å². The molecule has 0 saturated heterocycles. The summed E-state index contributed by atoms with van der Waals surface area (Å²) in [6, 6.07) is 69.0. The number of para-hydroxylation sites is 4. The van der Waals surface area contributed by atoms with E-state index in [-0.39, 0.29) is 0 Å². The minimum Gasteiger partial charge on any atom is -0.309 e. The van der Waals surface area contributed by atoms with Gasteiger partial charge in [-0.2, -0.15) is 0 Å². The zero-order valence-corrected chi connectivity index (χ0v) is 28.7. The first kappa shape index (κ1) is 28.6. The van der Waals surface area contributed by atoms with Crippen LogP contribution in [0.2, 0.25) is 0 Å². The van der Waals surface area contributed by atoms with E-state index in [9.17, 15) is 0 Å². The lowest BCUT2D eigenvalue weighted by molar-refractivity contribution is 1.17. The normalized spacial score (nSPS) is 12.2. The van der Waals surface area contributed by atoms with Crippen LogP contribution in [0.25, 0.3) is 104 Å². The van der Waals surface area contributed by atoms with Crippen LogP contribution in [0.15, 0.2) is 188 Å². The summed E-state index contributed by atoms with van der Waals surface area (Å²) in [7, 11) is 0. The van der Waals surface area contributed by atoms with Crippen LogP contribution in [0.1, 0.15) is 0 Å². The molecule has 0 saturated carbocycles. The topological polar surface area (TPSA) is 14.8 Å². The summed E-state index contributed by atoms with van der Waals surface area (Å²) >= 11 is 0. The van der Waals surface area contributed by atoms with Crippen molar-refractivity contribution in [3.05, 3.63) is 188 Å². The maximum atomic E-state index is 2.44. The first-order chi connectivity index (χ1) is 26.3. The summed E-state index contributed by atoms with van der Waals surface area (Å²) in [5.41, 5.74) is 13.2. The Labute approximate surface area is 305 Å². The van der Waals surface area contributed by atoms with Crippen molar-refractivity contribution in [1.82, 2.24) is 13.7 Å². The van der Waals surface area contributed by atoms with E-state index >= 15 is 0 Å². The smallest absolute Gasteiger partial charge is 0.0553 e. The SMILES string of the molecule is c1ccc(-n2c3ccccc3c3cc(-n4c5ccccc5c5cc(-c6cc7ccc8cccc9c8c7c(c6)n9-c6ccccc6)ccc54)ccc32)cc1. The molecule has 3 nitrogen and oxygen atoms in total. The standard InChI is InChI=1S/C50H31N3/c1-3-13-36(14-4-1)51-43-19-9-8-18-40(43)42-31-38(25-27-46(42)51)53-44-20-10-7-17-39(44)41-29-33(24-26-45(41)53)35-28-34-23-22-32-12-11-21-47-49(32)50(34)48(30-35)52(47)37-15-5-2-6-16-37/h1-31H. The number of benzene rings is 9. The number of fused-ring (bicyclic) bond motifs is 6. The summed E-state index contributed by atoms with van der Waals surface area (Å²) in [6.45, 7) is 0. The predicted molar refractivity (Wildman–Crippen MR) is 224 cm³/mol.